The zero-order valence-corrected chi connectivity index (χ0v) is 22.4. The van der Waals surface area contributed by atoms with Gasteiger partial charge in [0, 0.05) is 36.3 Å². The van der Waals surface area contributed by atoms with Crippen LogP contribution in [-0.2, 0) is 11.2 Å². The summed E-state index contributed by atoms with van der Waals surface area (Å²) in [6.07, 6.45) is 1.27. The van der Waals surface area contributed by atoms with E-state index in [1.165, 1.54) is 0 Å². The number of hydrogen-bond acceptors (Lipinski definition) is 8. The van der Waals surface area contributed by atoms with Crippen LogP contribution in [0.3, 0.4) is 0 Å². The Bertz CT molecular complexity index is 1430. The van der Waals surface area contributed by atoms with Crippen LogP contribution in [0.2, 0.25) is 0 Å². The molecule has 0 aliphatic carbocycles. The minimum Gasteiger partial charge on any atom is -0.491 e. The molecule has 214 valence electrons. The van der Waals surface area contributed by atoms with Crippen molar-refractivity contribution in [2.75, 3.05) is 26.3 Å². The maximum Gasteiger partial charge on any atom is 0.305 e. The van der Waals surface area contributed by atoms with E-state index >= 15 is 0 Å². The van der Waals surface area contributed by atoms with Crippen LogP contribution < -0.4 is 20.1 Å². The number of carboxylic acid groups (broad SMARTS) is 1. The van der Waals surface area contributed by atoms with E-state index in [4.69, 9.17) is 14.6 Å². The summed E-state index contributed by atoms with van der Waals surface area (Å²) >= 11 is 0. The first-order valence-electron chi connectivity index (χ1n) is 13.3. The molecule has 0 aliphatic rings. The van der Waals surface area contributed by atoms with E-state index in [2.05, 4.69) is 15.6 Å². The second-order valence-electron chi connectivity index (χ2n) is 9.46. The molecular formula is C31H33N3O7. The summed E-state index contributed by atoms with van der Waals surface area (Å²) in [6.45, 7) is 0.374. The highest BCUT2D eigenvalue weighted by molar-refractivity contribution is 5.98. The summed E-state index contributed by atoms with van der Waals surface area (Å²) in [6, 6.07) is 23.3. The number of benzene rings is 3. The van der Waals surface area contributed by atoms with Crippen molar-refractivity contribution in [1.29, 1.82) is 0 Å². The van der Waals surface area contributed by atoms with Crippen molar-refractivity contribution >= 4 is 22.8 Å². The van der Waals surface area contributed by atoms with E-state index < -0.39 is 12.1 Å². The van der Waals surface area contributed by atoms with Crippen molar-refractivity contribution in [1.82, 2.24) is 15.6 Å². The molecule has 0 fully saturated rings. The molecule has 3 aromatic carbocycles. The van der Waals surface area contributed by atoms with Gasteiger partial charge in [0.1, 0.15) is 30.0 Å². The average molecular weight is 560 g/mol. The topological polar surface area (TPSA) is 150 Å². The molecule has 0 radical (unpaired) electrons. The Hall–Kier alpha value is -4.51. The van der Waals surface area contributed by atoms with Crippen molar-refractivity contribution in [2.45, 2.75) is 25.0 Å². The molecule has 0 aliphatic heterocycles. The van der Waals surface area contributed by atoms with Crippen LogP contribution in [0.25, 0.3) is 10.9 Å². The number of carbonyl (C=O) groups is 2. The molecule has 4 aromatic rings. The van der Waals surface area contributed by atoms with Gasteiger partial charge in [-0.1, -0.05) is 30.3 Å². The fourth-order valence-electron chi connectivity index (χ4n) is 4.11. The molecule has 1 amide bonds. The van der Waals surface area contributed by atoms with Gasteiger partial charge in [0.05, 0.1) is 18.5 Å². The summed E-state index contributed by atoms with van der Waals surface area (Å²) in [5.74, 6) is 0.517. The number of aliphatic hydroxyl groups excluding tert-OH is 2. The standard InChI is InChI=1S/C31H33N3O7/c35-19-23(34-18-24(36)20-40-25-4-2-1-3-5-25)16-21-6-9-26(10-7-21)41-29-12-14-32-28-17-22(8-11-27(28)29)31(39)33-15-13-30(37)38/h1-12,14,17,23-24,34-36H,13,15-16,18-20H2,(H,33,39)(H,37,38). The van der Waals surface area contributed by atoms with E-state index in [1.807, 2.05) is 54.6 Å². The number of para-hydroxylation sites is 1. The second-order valence-corrected chi connectivity index (χ2v) is 9.46. The molecule has 1 heterocycles. The highest BCUT2D eigenvalue weighted by Gasteiger charge is 2.13. The largest absolute Gasteiger partial charge is 0.491 e. The normalized spacial score (nSPS) is 12.4. The van der Waals surface area contributed by atoms with Crippen LogP contribution in [0.1, 0.15) is 22.3 Å². The molecular weight excluding hydrogens is 526 g/mol. The highest BCUT2D eigenvalue weighted by Crippen LogP contribution is 2.29. The van der Waals surface area contributed by atoms with Crippen molar-refractivity contribution < 1.29 is 34.4 Å². The number of rotatable bonds is 15. The molecule has 0 saturated heterocycles. The number of carboxylic acids is 1. The lowest BCUT2D eigenvalue weighted by atomic mass is 10.1. The summed E-state index contributed by atoms with van der Waals surface area (Å²) < 4.78 is 11.7. The fraction of sp³-hybridized carbons (Fsp3) is 0.258. The van der Waals surface area contributed by atoms with Crippen LogP contribution >= 0.6 is 0 Å². The van der Waals surface area contributed by atoms with Crippen LogP contribution in [0.5, 0.6) is 17.2 Å². The van der Waals surface area contributed by atoms with Gasteiger partial charge >= 0.3 is 5.97 Å². The average Bonchev–Trinajstić information content (AvgIpc) is 2.99. The van der Waals surface area contributed by atoms with Crippen LogP contribution in [0.15, 0.2) is 85.1 Å². The van der Waals surface area contributed by atoms with Crippen molar-refractivity contribution in [3.8, 4) is 17.2 Å². The Morgan fingerprint density at radius 3 is 2.46 bits per heavy atom. The molecule has 1 aromatic heterocycles. The zero-order valence-electron chi connectivity index (χ0n) is 22.4. The second kappa shape index (κ2) is 14.8. The van der Waals surface area contributed by atoms with E-state index in [9.17, 15) is 19.8 Å². The molecule has 41 heavy (non-hydrogen) atoms. The molecule has 0 bridgehead atoms. The first kappa shape index (κ1) is 29.5. The molecule has 10 nitrogen and oxygen atoms in total. The first-order chi connectivity index (χ1) is 19.9. The van der Waals surface area contributed by atoms with Gasteiger partial charge < -0.3 is 35.4 Å². The van der Waals surface area contributed by atoms with Gasteiger partial charge in [0.2, 0.25) is 0 Å². The predicted octanol–water partition coefficient (Wildman–Crippen LogP) is 3.16. The quantitative estimate of drug-likeness (QED) is 0.148. The van der Waals surface area contributed by atoms with E-state index in [-0.39, 0.29) is 44.7 Å². The van der Waals surface area contributed by atoms with Crippen molar-refractivity contribution in [3.05, 3.63) is 96.2 Å². The summed E-state index contributed by atoms with van der Waals surface area (Å²) in [7, 11) is 0. The number of fused-ring (bicyclic) bond motifs is 1. The SMILES string of the molecule is O=C(O)CCNC(=O)c1ccc2c(Oc3ccc(CC(CO)NCC(O)COc4ccccc4)cc3)ccnc2c1. The van der Waals surface area contributed by atoms with Crippen LogP contribution in [0, 0.1) is 0 Å². The fourth-order valence-corrected chi connectivity index (χ4v) is 4.11. The smallest absolute Gasteiger partial charge is 0.305 e. The monoisotopic (exact) mass is 559 g/mol. The number of aromatic nitrogens is 1. The number of hydrogen-bond donors (Lipinski definition) is 5. The Labute approximate surface area is 237 Å². The van der Waals surface area contributed by atoms with Gasteiger partial charge in [0.15, 0.2) is 0 Å². The van der Waals surface area contributed by atoms with E-state index in [0.29, 0.717) is 34.7 Å². The number of carbonyl (C=O) groups excluding carboxylic acids is 1. The lowest BCUT2D eigenvalue weighted by Gasteiger charge is -2.19. The van der Waals surface area contributed by atoms with Gasteiger partial charge in [-0.05, 0) is 60.5 Å². The molecule has 4 rings (SSSR count). The number of nitrogens with one attached hydrogen (secondary N) is 2. The Morgan fingerprint density at radius 2 is 1.73 bits per heavy atom. The molecule has 0 spiro atoms. The lowest BCUT2D eigenvalue weighted by molar-refractivity contribution is -0.136. The van der Waals surface area contributed by atoms with Crippen LogP contribution in [-0.4, -0.2) is 70.6 Å². The lowest BCUT2D eigenvalue weighted by Crippen LogP contribution is -2.41. The summed E-state index contributed by atoms with van der Waals surface area (Å²) in [5, 5.41) is 35.3. The maximum atomic E-state index is 12.3. The minimum atomic E-state index is -0.981. The zero-order chi connectivity index (χ0) is 29.0. The number of amides is 1. The van der Waals surface area contributed by atoms with Crippen molar-refractivity contribution in [2.24, 2.45) is 0 Å². The number of aliphatic hydroxyl groups is 2. The van der Waals surface area contributed by atoms with Gasteiger partial charge in [-0.3, -0.25) is 14.6 Å². The third kappa shape index (κ3) is 9.00. The van der Waals surface area contributed by atoms with E-state index in [1.54, 1.807) is 30.5 Å². The van der Waals surface area contributed by atoms with Gasteiger partial charge in [-0.25, -0.2) is 0 Å². The summed E-state index contributed by atoms with van der Waals surface area (Å²) in [4.78, 5) is 27.3. The minimum absolute atomic E-state index is 0.0412. The molecule has 5 N–H and O–H groups in total. The molecule has 2 atom stereocenters. The molecule has 10 heteroatoms. The maximum absolute atomic E-state index is 12.3. The molecule has 0 saturated carbocycles. The van der Waals surface area contributed by atoms with Crippen LogP contribution in [0.4, 0.5) is 0 Å². The van der Waals surface area contributed by atoms with E-state index in [0.717, 1.165) is 10.9 Å². The van der Waals surface area contributed by atoms with Gasteiger partial charge in [-0.15, -0.1) is 0 Å². The third-order valence-electron chi connectivity index (χ3n) is 6.27. The Balaban J connectivity index is 1.30. The first-order valence-corrected chi connectivity index (χ1v) is 13.3. The van der Waals surface area contributed by atoms with Crippen molar-refractivity contribution in [3.63, 3.8) is 0 Å². The Morgan fingerprint density at radius 1 is 0.951 bits per heavy atom. The summed E-state index contributed by atoms with van der Waals surface area (Å²) in [5.41, 5.74) is 1.93. The van der Waals surface area contributed by atoms with Gasteiger partial charge in [-0.2, -0.15) is 0 Å². The number of ether oxygens (including phenoxy) is 2. The third-order valence-corrected chi connectivity index (χ3v) is 6.27. The van der Waals surface area contributed by atoms with Gasteiger partial charge in [0.25, 0.3) is 5.91 Å². The number of aliphatic carboxylic acids is 1. The highest BCUT2D eigenvalue weighted by atomic mass is 16.5. The predicted molar refractivity (Wildman–Crippen MR) is 153 cm³/mol. The number of nitrogens with zero attached hydrogens (tertiary/aromatic N) is 1. The molecule has 2 unspecified atom stereocenters. The Kier molecular flexibility index (Phi) is 10.6. The number of pyridine rings is 1.